The Hall–Kier alpha value is -0.770. The lowest BCUT2D eigenvalue weighted by Gasteiger charge is -2.23. The fourth-order valence-electron chi connectivity index (χ4n) is 1.65. The summed E-state index contributed by atoms with van der Waals surface area (Å²) in [5.74, 6) is 0.873. The SMILES string of the molecule is CNC(C)c1cc(Cl)ccc1OCCC(C)(C)OC. The van der Waals surface area contributed by atoms with Gasteiger partial charge in [0, 0.05) is 30.2 Å². The van der Waals surface area contributed by atoms with E-state index in [-0.39, 0.29) is 11.6 Å². The molecule has 0 aromatic heterocycles. The Bertz CT molecular complexity index is 407. The maximum absolute atomic E-state index is 6.04. The van der Waals surface area contributed by atoms with Gasteiger partial charge in [-0.2, -0.15) is 0 Å². The third-order valence-electron chi connectivity index (χ3n) is 3.39. The predicted octanol–water partition coefficient (Wildman–Crippen LogP) is 3.81. The van der Waals surface area contributed by atoms with E-state index in [0.29, 0.717) is 6.61 Å². The lowest BCUT2D eigenvalue weighted by atomic mass is 10.1. The number of ether oxygens (including phenoxy) is 2. The van der Waals surface area contributed by atoms with Crippen LogP contribution in [-0.4, -0.2) is 26.4 Å². The minimum Gasteiger partial charge on any atom is -0.493 e. The Balaban J connectivity index is 2.72. The van der Waals surface area contributed by atoms with Gasteiger partial charge in [-0.15, -0.1) is 0 Å². The molecule has 0 saturated carbocycles. The van der Waals surface area contributed by atoms with Crippen LogP contribution in [0.3, 0.4) is 0 Å². The monoisotopic (exact) mass is 285 g/mol. The van der Waals surface area contributed by atoms with Gasteiger partial charge < -0.3 is 14.8 Å². The molecular formula is C15H24ClNO2. The highest BCUT2D eigenvalue weighted by atomic mass is 35.5. The number of methoxy groups -OCH3 is 1. The van der Waals surface area contributed by atoms with Gasteiger partial charge in [0.15, 0.2) is 0 Å². The first-order valence-corrected chi connectivity index (χ1v) is 6.92. The average Bonchev–Trinajstić information content (AvgIpc) is 2.39. The molecule has 0 heterocycles. The molecule has 0 aliphatic carbocycles. The van der Waals surface area contributed by atoms with Crippen LogP contribution in [-0.2, 0) is 4.74 Å². The summed E-state index contributed by atoms with van der Waals surface area (Å²) in [6, 6.07) is 5.92. The van der Waals surface area contributed by atoms with Crippen LogP contribution >= 0.6 is 11.6 Å². The molecule has 1 rings (SSSR count). The van der Waals surface area contributed by atoms with Crippen LogP contribution in [0.15, 0.2) is 18.2 Å². The van der Waals surface area contributed by atoms with Gasteiger partial charge in [-0.3, -0.25) is 0 Å². The van der Waals surface area contributed by atoms with E-state index in [4.69, 9.17) is 21.1 Å². The quantitative estimate of drug-likeness (QED) is 0.826. The first-order chi connectivity index (χ1) is 8.89. The van der Waals surface area contributed by atoms with E-state index in [1.165, 1.54) is 0 Å². The third kappa shape index (κ3) is 5.01. The van der Waals surface area contributed by atoms with Crippen molar-refractivity contribution in [1.29, 1.82) is 0 Å². The molecule has 0 aliphatic rings. The lowest BCUT2D eigenvalue weighted by molar-refractivity contribution is 0.00535. The van der Waals surface area contributed by atoms with Crippen molar-refractivity contribution in [1.82, 2.24) is 5.32 Å². The summed E-state index contributed by atoms with van der Waals surface area (Å²) >= 11 is 6.04. The van der Waals surface area contributed by atoms with E-state index in [2.05, 4.69) is 26.1 Å². The van der Waals surface area contributed by atoms with Crippen molar-refractivity contribution in [2.24, 2.45) is 0 Å². The second kappa shape index (κ2) is 7.13. The Morgan fingerprint density at radius 1 is 1.37 bits per heavy atom. The molecule has 4 heteroatoms. The van der Waals surface area contributed by atoms with Gasteiger partial charge in [0.05, 0.1) is 12.2 Å². The molecule has 1 atom stereocenters. The van der Waals surface area contributed by atoms with Gasteiger partial charge in [0.25, 0.3) is 0 Å². The summed E-state index contributed by atoms with van der Waals surface area (Å²) in [6.45, 7) is 6.80. The molecule has 3 nitrogen and oxygen atoms in total. The summed E-state index contributed by atoms with van der Waals surface area (Å²) in [5, 5.41) is 3.93. The van der Waals surface area contributed by atoms with Crippen molar-refractivity contribution >= 4 is 11.6 Å². The van der Waals surface area contributed by atoms with E-state index in [9.17, 15) is 0 Å². The summed E-state index contributed by atoms with van der Waals surface area (Å²) in [4.78, 5) is 0. The zero-order chi connectivity index (χ0) is 14.5. The van der Waals surface area contributed by atoms with Crippen LogP contribution in [0.1, 0.15) is 38.8 Å². The fraction of sp³-hybridized carbons (Fsp3) is 0.600. The van der Waals surface area contributed by atoms with Gasteiger partial charge in [-0.05, 0) is 46.0 Å². The minimum absolute atomic E-state index is 0.165. The Morgan fingerprint density at radius 3 is 2.63 bits per heavy atom. The molecule has 0 bridgehead atoms. The largest absolute Gasteiger partial charge is 0.493 e. The number of halogens is 1. The first-order valence-electron chi connectivity index (χ1n) is 6.54. The van der Waals surface area contributed by atoms with Crippen molar-refractivity contribution in [3.63, 3.8) is 0 Å². The van der Waals surface area contributed by atoms with Crippen molar-refractivity contribution in [2.45, 2.75) is 38.8 Å². The number of benzene rings is 1. The second-order valence-corrected chi connectivity index (χ2v) is 5.69. The zero-order valence-corrected chi connectivity index (χ0v) is 13.2. The van der Waals surface area contributed by atoms with Crippen LogP contribution in [0.4, 0.5) is 0 Å². The molecule has 0 radical (unpaired) electrons. The van der Waals surface area contributed by atoms with Crippen molar-refractivity contribution < 1.29 is 9.47 Å². The van der Waals surface area contributed by atoms with Crippen LogP contribution < -0.4 is 10.1 Å². The number of hydrogen-bond acceptors (Lipinski definition) is 3. The number of rotatable bonds is 7. The van der Waals surface area contributed by atoms with E-state index in [1.807, 2.05) is 25.2 Å². The van der Waals surface area contributed by atoms with Gasteiger partial charge in [-0.1, -0.05) is 11.6 Å². The Labute approximate surface area is 121 Å². The number of nitrogens with one attached hydrogen (secondary N) is 1. The zero-order valence-electron chi connectivity index (χ0n) is 12.4. The van der Waals surface area contributed by atoms with Crippen LogP contribution in [0, 0.1) is 0 Å². The molecule has 1 aromatic carbocycles. The molecule has 108 valence electrons. The highest BCUT2D eigenvalue weighted by molar-refractivity contribution is 6.30. The van der Waals surface area contributed by atoms with E-state index in [0.717, 1.165) is 22.8 Å². The molecule has 0 saturated heterocycles. The predicted molar refractivity (Wildman–Crippen MR) is 80.1 cm³/mol. The molecule has 0 spiro atoms. The van der Waals surface area contributed by atoms with Crippen LogP contribution in [0.5, 0.6) is 5.75 Å². The maximum atomic E-state index is 6.04. The Kier molecular flexibility index (Phi) is 6.11. The van der Waals surface area contributed by atoms with Gasteiger partial charge in [0.1, 0.15) is 5.75 Å². The van der Waals surface area contributed by atoms with Crippen molar-refractivity contribution in [3.05, 3.63) is 28.8 Å². The molecule has 1 unspecified atom stereocenters. The molecule has 0 aliphatic heterocycles. The summed E-state index contributed by atoms with van der Waals surface area (Å²) in [5.41, 5.74) is 0.909. The maximum Gasteiger partial charge on any atom is 0.124 e. The van der Waals surface area contributed by atoms with E-state index < -0.39 is 0 Å². The molecule has 1 aromatic rings. The summed E-state index contributed by atoms with van der Waals surface area (Å²) in [7, 11) is 3.64. The van der Waals surface area contributed by atoms with E-state index in [1.54, 1.807) is 7.11 Å². The fourth-order valence-corrected chi connectivity index (χ4v) is 1.83. The van der Waals surface area contributed by atoms with Gasteiger partial charge >= 0.3 is 0 Å². The highest BCUT2D eigenvalue weighted by Crippen LogP contribution is 2.28. The van der Waals surface area contributed by atoms with E-state index >= 15 is 0 Å². The normalized spacial score (nSPS) is 13.4. The average molecular weight is 286 g/mol. The summed E-state index contributed by atoms with van der Waals surface area (Å²) < 4.78 is 11.3. The highest BCUT2D eigenvalue weighted by Gasteiger charge is 2.17. The number of hydrogen-bond donors (Lipinski definition) is 1. The first kappa shape index (κ1) is 16.3. The molecule has 0 amide bonds. The third-order valence-corrected chi connectivity index (χ3v) is 3.62. The lowest BCUT2D eigenvalue weighted by Crippen LogP contribution is -2.25. The van der Waals surface area contributed by atoms with Gasteiger partial charge in [-0.25, -0.2) is 0 Å². The van der Waals surface area contributed by atoms with Crippen molar-refractivity contribution in [2.75, 3.05) is 20.8 Å². The van der Waals surface area contributed by atoms with Gasteiger partial charge in [0.2, 0.25) is 0 Å². The summed E-state index contributed by atoms with van der Waals surface area (Å²) in [6.07, 6.45) is 0.833. The topological polar surface area (TPSA) is 30.5 Å². The standard InChI is InChI=1S/C15H24ClNO2/c1-11(17-4)13-10-12(16)6-7-14(13)19-9-8-15(2,3)18-5/h6-7,10-11,17H,8-9H2,1-5H3. The molecule has 1 N–H and O–H groups in total. The van der Waals surface area contributed by atoms with Crippen LogP contribution in [0.2, 0.25) is 5.02 Å². The molecule has 19 heavy (non-hydrogen) atoms. The molecule has 0 fully saturated rings. The smallest absolute Gasteiger partial charge is 0.124 e. The van der Waals surface area contributed by atoms with Crippen molar-refractivity contribution in [3.8, 4) is 5.75 Å². The second-order valence-electron chi connectivity index (χ2n) is 5.25. The molecular weight excluding hydrogens is 262 g/mol. The van der Waals surface area contributed by atoms with Crippen LogP contribution in [0.25, 0.3) is 0 Å². The minimum atomic E-state index is -0.165. The Morgan fingerprint density at radius 2 is 2.05 bits per heavy atom.